The molecule has 0 atom stereocenters. The Labute approximate surface area is 211 Å². The van der Waals surface area contributed by atoms with Gasteiger partial charge < -0.3 is 20.1 Å². The Balaban J connectivity index is 1.42. The molecule has 0 unspecified atom stereocenters. The van der Waals surface area contributed by atoms with Crippen molar-refractivity contribution < 1.29 is 19.1 Å². The molecule has 0 radical (unpaired) electrons. The molecule has 1 aliphatic carbocycles. The van der Waals surface area contributed by atoms with Crippen molar-refractivity contribution in [2.24, 2.45) is 5.73 Å². The summed E-state index contributed by atoms with van der Waals surface area (Å²) < 4.78 is 10.5. The van der Waals surface area contributed by atoms with Crippen molar-refractivity contribution in [2.75, 3.05) is 53.6 Å². The Morgan fingerprint density at radius 3 is 2.44 bits per heavy atom. The van der Waals surface area contributed by atoms with E-state index in [9.17, 15) is 9.59 Å². The largest absolute Gasteiger partial charge is 0.497 e. The number of nitrogens with two attached hydrogens (primary N) is 1. The zero-order valence-corrected chi connectivity index (χ0v) is 20.8. The van der Waals surface area contributed by atoms with Gasteiger partial charge in [-0.1, -0.05) is 18.2 Å². The summed E-state index contributed by atoms with van der Waals surface area (Å²) >= 11 is 0. The second-order valence-electron chi connectivity index (χ2n) is 9.32. The van der Waals surface area contributed by atoms with Crippen LogP contribution in [0, 0.1) is 0 Å². The normalized spacial score (nSPS) is 14.9. The highest BCUT2D eigenvalue weighted by Gasteiger charge is 2.27. The van der Waals surface area contributed by atoms with Crippen molar-refractivity contribution in [2.45, 2.75) is 6.42 Å². The Bertz CT molecular complexity index is 1310. The van der Waals surface area contributed by atoms with Crippen molar-refractivity contribution >= 4 is 11.8 Å². The molecule has 186 valence electrons. The molecular formula is C29H31N3O4. The third kappa shape index (κ3) is 4.59. The summed E-state index contributed by atoms with van der Waals surface area (Å²) in [7, 11) is 3.34. The molecule has 2 amide bonds. The third-order valence-electron chi connectivity index (χ3n) is 7.20. The van der Waals surface area contributed by atoms with E-state index in [1.807, 2.05) is 53.4 Å². The minimum atomic E-state index is -0.452. The third-order valence-corrected chi connectivity index (χ3v) is 7.20. The maximum Gasteiger partial charge on any atom is 0.253 e. The highest BCUT2D eigenvalue weighted by Crippen LogP contribution is 2.42. The molecule has 1 heterocycles. The first-order chi connectivity index (χ1) is 17.5. The Morgan fingerprint density at radius 2 is 1.72 bits per heavy atom. The number of ether oxygens (including phenoxy) is 2. The molecule has 0 aromatic heterocycles. The highest BCUT2D eigenvalue weighted by molar-refractivity contribution is 6.01. The second kappa shape index (κ2) is 10.1. The number of methoxy groups -OCH3 is 2. The quantitative estimate of drug-likeness (QED) is 0.434. The molecule has 5 rings (SSSR count). The first-order valence-corrected chi connectivity index (χ1v) is 12.2. The molecule has 1 fully saturated rings. The summed E-state index contributed by atoms with van der Waals surface area (Å²) in [6.45, 7) is 4.69. The monoisotopic (exact) mass is 485 g/mol. The summed E-state index contributed by atoms with van der Waals surface area (Å²) in [4.78, 5) is 29.9. The van der Waals surface area contributed by atoms with E-state index >= 15 is 0 Å². The lowest BCUT2D eigenvalue weighted by Gasteiger charge is -2.34. The molecule has 0 saturated carbocycles. The molecule has 2 N–H and O–H groups in total. The van der Waals surface area contributed by atoms with Crippen LogP contribution >= 0.6 is 0 Å². The zero-order chi connectivity index (χ0) is 25.2. The van der Waals surface area contributed by atoms with E-state index in [0.29, 0.717) is 37.2 Å². The summed E-state index contributed by atoms with van der Waals surface area (Å²) in [5, 5.41) is 0. The standard InChI is InChI=1S/C29H31N3O4/c1-35-13-12-31-8-10-32(11-9-31)29(34)20-6-7-24-22(14-20)18-26-25(24)16-21(17-27(26)28(30)33)19-4-3-5-23(15-19)36-2/h3-7,14-17H,8-13,18H2,1-2H3,(H2,30,33). The molecule has 3 aromatic rings. The molecule has 1 saturated heterocycles. The summed E-state index contributed by atoms with van der Waals surface area (Å²) in [5.41, 5.74) is 12.8. The number of hydrogen-bond acceptors (Lipinski definition) is 5. The predicted molar refractivity (Wildman–Crippen MR) is 139 cm³/mol. The van der Waals surface area contributed by atoms with Gasteiger partial charge in [0.25, 0.3) is 5.91 Å². The van der Waals surface area contributed by atoms with Crippen molar-refractivity contribution in [3.63, 3.8) is 0 Å². The van der Waals surface area contributed by atoms with Crippen LogP contribution in [0.15, 0.2) is 54.6 Å². The average Bonchev–Trinajstić information content (AvgIpc) is 3.29. The van der Waals surface area contributed by atoms with Gasteiger partial charge in [-0.15, -0.1) is 0 Å². The van der Waals surface area contributed by atoms with E-state index in [1.165, 1.54) is 0 Å². The summed E-state index contributed by atoms with van der Waals surface area (Å²) in [6.07, 6.45) is 0.577. The van der Waals surface area contributed by atoms with Crippen LogP contribution in [0.2, 0.25) is 0 Å². The van der Waals surface area contributed by atoms with Gasteiger partial charge in [0.2, 0.25) is 5.91 Å². The lowest BCUT2D eigenvalue weighted by atomic mass is 9.94. The fourth-order valence-electron chi connectivity index (χ4n) is 5.20. The van der Waals surface area contributed by atoms with E-state index in [1.54, 1.807) is 14.2 Å². The number of carbonyl (C=O) groups is 2. The van der Waals surface area contributed by atoms with Crippen LogP contribution in [0.5, 0.6) is 5.75 Å². The molecule has 7 heteroatoms. The van der Waals surface area contributed by atoms with Crippen LogP contribution in [0.25, 0.3) is 22.3 Å². The van der Waals surface area contributed by atoms with E-state index in [0.717, 1.165) is 58.8 Å². The van der Waals surface area contributed by atoms with Crippen LogP contribution in [0.4, 0.5) is 0 Å². The van der Waals surface area contributed by atoms with Crippen LogP contribution in [0.3, 0.4) is 0 Å². The van der Waals surface area contributed by atoms with E-state index < -0.39 is 5.91 Å². The van der Waals surface area contributed by atoms with Crippen molar-refractivity contribution in [1.82, 2.24) is 9.80 Å². The Hall–Kier alpha value is -3.68. The molecular weight excluding hydrogens is 454 g/mol. The molecule has 3 aromatic carbocycles. The molecule has 0 bridgehead atoms. The van der Waals surface area contributed by atoms with Gasteiger partial charge in [0.15, 0.2) is 0 Å². The number of amides is 2. The number of nitrogens with zero attached hydrogens (tertiary/aromatic N) is 2. The number of rotatable bonds is 7. The van der Waals surface area contributed by atoms with Gasteiger partial charge >= 0.3 is 0 Å². The van der Waals surface area contributed by atoms with Crippen molar-refractivity contribution in [3.05, 3.63) is 76.9 Å². The fraction of sp³-hybridized carbons (Fsp3) is 0.310. The van der Waals surface area contributed by atoms with E-state index in [-0.39, 0.29) is 5.91 Å². The van der Waals surface area contributed by atoms with Crippen LogP contribution < -0.4 is 10.5 Å². The Morgan fingerprint density at radius 1 is 0.917 bits per heavy atom. The lowest BCUT2D eigenvalue weighted by molar-refractivity contribution is 0.0594. The number of piperazine rings is 1. The van der Waals surface area contributed by atoms with Crippen LogP contribution in [0.1, 0.15) is 31.8 Å². The van der Waals surface area contributed by atoms with Gasteiger partial charge in [-0.05, 0) is 76.2 Å². The van der Waals surface area contributed by atoms with Gasteiger partial charge in [-0.3, -0.25) is 14.5 Å². The van der Waals surface area contributed by atoms with Gasteiger partial charge in [0.05, 0.1) is 13.7 Å². The van der Waals surface area contributed by atoms with Crippen LogP contribution in [-0.2, 0) is 11.2 Å². The number of primary amides is 1. The number of hydrogen-bond donors (Lipinski definition) is 1. The minimum Gasteiger partial charge on any atom is -0.497 e. The molecule has 7 nitrogen and oxygen atoms in total. The lowest BCUT2D eigenvalue weighted by Crippen LogP contribution is -2.49. The highest BCUT2D eigenvalue weighted by atomic mass is 16.5. The molecule has 36 heavy (non-hydrogen) atoms. The van der Waals surface area contributed by atoms with Crippen molar-refractivity contribution in [3.8, 4) is 28.0 Å². The molecule has 2 aliphatic rings. The van der Waals surface area contributed by atoms with Crippen molar-refractivity contribution in [1.29, 1.82) is 0 Å². The number of fused-ring (bicyclic) bond motifs is 3. The van der Waals surface area contributed by atoms with Crippen LogP contribution in [-0.4, -0.2) is 75.2 Å². The summed E-state index contributed by atoms with van der Waals surface area (Å²) in [5.74, 6) is 0.343. The second-order valence-corrected chi connectivity index (χ2v) is 9.32. The van der Waals surface area contributed by atoms with Gasteiger partial charge in [0.1, 0.15) is 5.75 Å². The first kappa shape index (κ1) is 24.0. The number of carbonyl (C=O) groups excluding carboxylic acids is 2. The maximum absolute atomic E-state index is 13.3. The zero-order valence-electron chi connectivity index (χ0n) is 20.8. The van der Waals surface area contributed by atoms with E-state index in [2.05, 4.69) is 11.0 Å². The van der Waals surface area contributed by atoms with Gasteiger partial charge in [-0.2, -0.15) is 0 Å². The first-order valence-electron chi connectivity index (χ1n) is 12.2. The number of benzene rings is 3. The minimum absolute atomic E-state index is 0.0485. The van der Waals surface area contributed by atoms with Gasteiger partial charge in [-0.25, -0.2) is 0 Å². The topological polar surface area (TPSA) is 85.1 Å². The molecule has 0 spiro atoms. The predicted octanol–water partition coefficient (Wildman–Crippen LogP) is 3.44. The average molecular weight is 486 g/mol. The van der Waals surface area contributed by atoms with E-state index in [4.69, 9.17) is 15.2 Å². The smallest absolute Gasteiger partial charge is 0.253 e. The summed E-state index contributed by atoms with van der Waals surface area (Å²) in [6, 6.07) is 17.6. The maximum atomic E-state index is 13.3. The molecule has 1 aliphatic heterocycles. The SMILES string of the molecule is COCCN1CCN(C(=O)c2ccc3c(c2)Cc2c(C(N)=O)cc(-c4cccc(OC)c4)cc2-3)CC1. The Kier molecular flexibility index (Phi) is 6.76. The van der Waals surface area contributed by atoms with Gasteiger partial charge in [0, 0.05) is 51.0 Å². The fourth-order valence-corrected chi connectivity index (χ4v) is 5.20.